The molecule has 4 amide bonds. The molecule has 2 aromatic carbocycles. The van der Waals surface area contributed by atoms with Crippen molar-refractivity contribution in [1.82, 2.24) is 39.5 Å². The number of amides is 4. The molecule has 1 unspecified atom stereocenters. The first-order chi connectivity index (χ1) is 32.7. The van der Waals surface area contributed by atoms with E-state index in [9.17, 15) is 24.0 Å². The summed E-state index contributed by atoms with van der Waals surface area (Å²) in [5.74, 6) is -0.802. The van der Waals surface area contributed by atoms with Gasteiger partial charge in [0.05, 0.1) is 66.8 Å². The van der Waals surface area contributed by atoms with Crippen molar-refractivity contribution in [1.29, 1.82) is 0 Å². The number of aromatic nitrogens is 5. The Labute approximate surface area is 389 Å². The van der Waals surface area contributed by atoms with Crippen molar-refractivity contribution in [3.05, 3.63) is 96.5 Å². The summed E-state index contributed by atoms with van der Waals surface area (Å²) in [6.45, 7) is 4.23. The van der Waals surface area contributed by atoms with Gasteiger partial charge in [0.15, 0.2) is 0 Å². The summed E-state index contributed by atoms with van der Waals surface area (Å²) >= 11 is 0. The van der Waals surface area contributed by atoms with Crippen molar-refractivity contribution >= 4 is 46.8 Å². The average Bonchev–Trinajstić information content (AvgIpc) is 4.06. The predicted molar refractivity (Wildman–Crippen MR) is 250 cm³/mol. The number of nitrogens with zero attached hydrogens (tertiary/aromatic N) is 7. The number of carbonyl (C=O) groups is 5. The van der Waals surface area contributed by atoms with Gasteiger partial charge in [0.25, 0.3) is 11.8 Å². The molecule has 5 aromatic rings. The van der Waals surface area contributed by atoms with Crippen LogP contribution in [0.3, 0.4) is 0 Å². The van der Waals surface area contributed by atoms with Gasteiger partial charge in [0, 0.05) is 37.3 Å². The summed E-state index contributed by atoms with van der Waals surface area (Å²) < 4.78 is 20.5. The lowest BCUT2D eigenvalue weighted by Crippen LogP contribution is -2.54. The molecule has 8 rings (SSSR count). The molecule has 17 nitrogen and oxygen atoms in total. The van der Waals surface area contributed by atoms with E-state index in [2.05, 4.69) is 29.9 Å². The molecule has 3 aliphatic rings. The van der Waals surface area contributed by atoms with Crippen molar-refractivity contribution in [3.8, 4) is 22.8 Å². The maximum Gasteiger partial charge on any atom is 0.330 e. The Morgan fingerprint density at radius 3 is 2.39 bits per heavy atom. The second-order valence-electron chi connectivity index (χ2n) is 17.3. The molecule has 0 spiro atoms. The zero-order valence-electron chi connectivity index (χ0n) is 38.1. The summed E-state index contributed by atoms with van der Waals surface area (Å²) in [5, 5.41) is 15.1. The first kappa shape index (κ1) is 46.6. The van der Waals surface area contributed by atoms with Crippen molar-refractivity contribution < 1.29 is 38.2 Å². The maximum absolute atomic E-state index is 13.3. The van der Waals surface area contributed by atoms with Crippen LogP contribution in [0.2, 0.25) is 0 Å². The average molecular weight is 914 g/mol. The number of fused-ring (bicyclic) bond motifs is 2. The SMILES string of the molecule is COC(=O)C=CCCCCOc1ccc(-c2ccc3cnc(Nc4cnn(C5CCN(CCCCCCCCCOc6cccc7c6C(=O)N(C6CCC(=O)NC6=O)C7=O)CC5)c4)nn23)cc1. The minimum atomic E-state index is -0.999. The van der Waals surface area contributed by atoms with Crippen LogP contribution in [0.25, 0.3) is 16.8 Å². The number of hydrogen-bond donors (Lipinski definition) is 2. The number of unbranched alkanes of at least 4 members (excludes halogenated alkanes) is 8. The monoisotopic (exact) mass is 913 g/mol. The molecule has 3 aromatic heterocycles. The molecule has 0 radical (unpaired) electrons. The lowest BCUT2D eigenvalue weighted by atomic mass is 10.0. The minimum absolute atomic E-state index is 0.0791. The Kier molecular flexibility index (Phi) is 15.7. The van der Waals surface area contributed by atoms with E-state index in [0.29, 0.717) is 31.0 Å². The van der Waals surface area contributed by atoms with Gasteiger partial charge < -0.3 is 24.4 Å². The number of ether oxygens (including phenoxy) is 3. The van der Waals surface area contributed by atoms with E-state index >= 15 is 0 Å². The maximum atomic E-state index is 13.3. The number of hydrogen-bond acceptors (Lipinski definition) is 13. The summed E-state index contributed by atoms with van der Waals surface area (Å²) in [7, 11) is 1.37. The Morgan fingerprint density at radius 1 is 0.836 bits per heavy atom. The number of anilines is 2. The van der Waals surface area contributed by atoms with Gasteiger partial charge in [-0.25, -0.2) is 14.3 Å². The molecule has 1 atom stereocenters. The highest BCUT2D eigenvalue weighted by Gasteiger charge is 2.46. The molecule has 2 saturated heterocycles. The number of esters is 1. The third kappa shape index (κ3) is 11.8. The van der Waals surface area contributed by atoms with Gasteiger partial charge in [-0.1, -0.05) is 44.2 Å². The molecule has 2 N–H and O–H groups in total. The van der Waals surface area contributed by atoms with Gasteiger partial charge in [0.1, 0.15) is 17.5 Å². The lowest BCUT2D eigenvalue weighted by molar-refractivity contribution is -0.136. The highest BCUT2D eigenvalue weighted by Crippen LogP contribution is 2.34. The lowest BCUT2D eigenvalue weighted by Gasteiger charge is -2.32. The molecule has 3 aliphatic heterocycles. The van der Waals surface area contributed by atoms with E-state index in [4.69, 9.17) is 19.7 Å². The predicted octanol–water partition coefficient (Wildman–Crippen LogP) is 7.46. The molecule has 0 aliphatic carbocycles. The number of benzene rings is 2. The highest BCUT2D eigenvalue weighted by atomic mass is 16.5. The van der Waals surface area contributed by atoms with Crippen LogP contribution >= 0.6 is 0 Å². The highest BCUT2D eigenvalue weighted by molar-refractivity contribution is 6.24. The molecule has 17 heteroatoms. The van der Waals surface area contributed by atoms with Crippen LogP contribution in [0, 0.1) is 0 Å². The van der Waals surface area contributed by atoms with Gasteiger partial charge in [-0.3, -0.25) is 34.1 Å². The van der Waals surface area contributed by atoms with Gasteiger partial charge in [-0.05, 0) is 106 Å². The number of carbonyl (C=O) groups excluding carboxylic acids is 5. The smallest absolute Gasteiger partial charge is 0.330 e. The number of imide groups is 2. The number of methoxy groups -OCH3 is 1. The van der Waals surface area contributed by atoms with E-state index in [1.807, 2.05) is 65.6 Å². The van der Waals surface area contributed by atoms with Crippen LogP contribution < -0.4 is 20.1 Å². The Bertz CT molecular complexity index is 2560. The molecule has 0 saturated carbocycles. The molecule has 0 bridgehead atoms. The van der Waals surface area contributed by atoms with Crippen molar-refractivity contribution in [2.45, 2.75) is 102 Å². The van der Waals surface area contributed by atoms with Gasteiger partial charge in [-0.15, -0.1) is 5.10 Å². The van der Waals surface area contributed by atoms with Crippen LogP contribution in [0.5, 0.6) is 11.5 Å². The Hall–Kier alpha value is -6.88. The number of rotatable bonds is 23. The summed E-state index contributed by atoms with van der Waals surface area (Å²) in [5.41, 5.74) is 4.12. The summed E-state index contributed by atoms with van der Waals surface area (Å²) in [6, 6.07) is 16.3. The Morgan fingerprint density at radius 2 is 1.60 bits per heavy atom. The first-order valence-corrected chi connectivity index (χ1v) is 23.6. The third-order valence-electron chi connectivity index (χ3n) is 12.6. The largest absolute Gasteiger partial charge is 0.494 e. The van der Waals surface area contributed by atoms with Crippen LogP contribution in [-0.2, 0) is 19.1 Å². The van der Waals surface area contributed by atoms with Crippen LogP contribution in [0.15, 0.2) is 85.3 Å². The van der Waals surface area contributed by atoms with Crippen molar-refractivity contribution in [2.24, 2.45) is 0 Å². The second-order valence-corrected chi connectivity index (χ2v) is 17.3. The number of likely N-dealkylation sites (tertiary alicyclic amines) is 1. The van der Waals surface area contributed by atoms with E-state index < -0.39 is 29.7 Å². The van der Waals surface area contributed by atoms with E-state index in [0.717, 1.165) is 111 Å². The minimum Gasteiger partial charge on any atom is -0.494 e. The fourth-order valence-electron chi connectivity index (χ4n) is 8.95. The first-order valence-electron chi connectivity index (χ1n) is 23.6. The summed E-state index contributed by atoms with van der Waals surface area (Å²) in [4.78, 5) is 69.6. The topological polar surface area (TPSA) is 192 Å². The quantitative estimate of drug-likeness (QED) is 0.0284. The Balaban J connectivity index is 0.692. The van der Waals surface area contributed by atoms with Crippen molar-refractivity contribution in [3.63, 3.8) is 0 Å². The zero-order valence-corrected chi connectivity index (χ0v) is 38.1. The third-order valence-corrected chi connectivity index (χ3v) is 12.6. The van der Waals surface area contributed by atoms with E-state index in [-0.39, 0.29) is 29.9 Å². The van der Waals surface area contributed by atoms with Crippen molar-refractivity contribution in [2.75, 3.05) is 45.3 Å². The number of piperidine rings is 2. The molecular weight excluding hydrogens is 855 g/mol. The van der Waals surface area contributed by atoms with Gasteiger partial charge >= 0.3 is 5.97 Å². The summed E-state index contributed by atoms with van der Waals surface area (Å²) in [6.07, 6.45) is 21.5. The molecule has 67 heavy (non-hydrogen) atoms. The van der Waals surface area contributed by atoms with E-state index in [1.54, 1.807) is 18.2 Å². The van der Waals surface area contributed by atoms with Gasteiger partial charge in [0.2, 0.25) is 17.8 Å². The second kappa shape index (κ2) is 22.5. The van der Waals surface area contributed by atoms with Crippen LogP contribution in [-0.4, -0.2) is 110 Å². The standard InChI is InChI=1S/C50H59N9O8/c1-65-45(61)16-9-5-8-11-30-66-39-20-17-35(18-21-39)41-22-19-38-33-51-50(55-59(38)41)53-36-32-52-57(34-36)37-25-28-56(29-26-37)27-10-6-3-2-4-7-12-31-67-43-15-13-14-40-46(43)49(64)58(48(40)63)42-23-24-44(60)54-47(42)62/h9,13-22,32-34,37,42H,2-8,10-12,23-31H2,1H3,(H,53,55)(H,54,60,62). The van der Waals surface area contributed by atoms with Crippen LogP contribution in [0.1, 0.15) is 117 Å². The normalized spacial score (nSPS) is 16.8. The molecule has 352 valence electrons. The van der Waals surface area contributed by atoms with Gasteiger partial charge in [-0.2, -0.15) is 5.10 Å². The number of allylic oxidation sites excluding steroid dienone is 1. The fourth-order valence-corrected chi connectivity index (χ4v) is 8.95. The van der Waals surface area contributed by atoms with E-state index in [1.165, 1.54) is 32.4 Å². The molecular formula is C50H59N9O8. The zero-order chi connectivity index (χ0) is 46.5. The fraction of sp³-hybridized carbons (Fsp3) is 0.440. The molecule has 6 heterocycles. The van der Waals surface area contributed by atoms with Crippen LogP contribution in [0.4, 0.5) is 11.6 Å². The molecule has 2 fully saturated rings. The number of nitrogens with one attached hydrogen (secondary N) is 2.